The Balaban J connectivity index is 0.000000868. The average Bonchev–Trinajstić information content (AvgIpc) is 2.57. The van der Waals surface area contributed by atoms with Gasteiger partial charge >= 0.3 is 0 Å². The summed E-state index contributed by atoms with van der Waals surface area (Å²) in [4.78, 5) is 0. The molecular formula is C20H35NO2. The molecule has 0 bridgehead atoms. The Bertz CT molecular complexity index is 445. The van der Waals surface area contributed by atoms with Gasteiger partial charge in [-0.05, 0) is 61.3 Å². The van der Waals surface area contributed by atoms with Gasteiger partial charge in [0, 0.05) is 18.8 Å². The Morgan fingerprint density at radius 1 is 1.39 bits per heavy atom. The van der Waals surface area contributed by atoms with E-state index in [0.29, 0.717) is 23.5 Å². The highest BCUT2D eigenvalue weighted by molar-refractivity contribution is 5.57. The molecule has 2 rings (SSSR count). The molecule has 3 unspecified atom stereocenters. The largest absolute Gasteiger partial charge is 0.508 e. The second-order valence-corrected chi connectivity index (χ2v) is 5.97. The van der Waals surface area contributed by atoms with Crippen molar-refractivity contribution in [1.29, 1.82) is 0 Å². The van der Waals surface area contributed by atoms with Crippen LogP contribution in [0.25, 0.3) is 0 Å². The lowest BCUT2D eigenvalue weighted by molar-refractivity contribution is 0.219. The number of phenols is 1. The van der Waals surface area contributed by atoms with Gasteiger partial charge in [0.1, 0.15) is 5.75 Å². The van der Waals surface area contributed by atoms with E-state index in [4.69, 9.17) is 5.11 Å². The summed E-state index contributed by atoms with van der Waals surface area (Å²) in [5.41, 5.74) is 2.36. The SMILES string of the molecule is C=CC.CC.CC(CO)CCC1CNc2ccc(O)cc2C1C. The number of hydrogen-bond donors (Lipinski definition) is 3. The number of aliphatic hydroxyl groups excluding tert-OH is 1. The standard InChI is InChI=1S/C15H23NO2.C3H6.C2H6/c1-10(9-17)3-4-12-8-16-15-6-5-13(18)7-14(15)11(12)2;1-3-2;1-2/h5-7,10-12,16-18H,3-4,8-9H2,1-2H3;3H,1H2,2H3;1-2H3. The van der Waals surface area contributed by atoms with Gasteiger partial charge in [0.2, 0.25) is 0 Å². The number of nitrogens with one attached hydrogen (secondary N) is 1. The van der Waals surface area contributed by atoms with Gasteiger partial charge in [-0.25, -0.2) is 0 Å². The highest BCUT2D eigenvalue weighted by Gasteiger charge is 2.26. The number of hydrogen-bond acceptors (Lipinski definition) is 3. The van der Waals surface area contributed by atoms with Crippen molar-refractivity contribution in [2.75, 3.05) is 18.5 Å². The van der Waals surface area contributed by atoms with E-state index in [1.165, 1.54) is 5.56 Å². The summed E-state index contributed by atoms with van der Waals surface area (Å²) in [6, 6.07) is 5.55. The molecule has 3 N–H and O–H groups in total. The van der Waals surface area contributed by atoms with E-state index in [0.717, 1.165) is 25.1 Å². The molecule has 0 aliphatic carbocycles. The fourth-order valence-electron chi connectivity index (χ4n) is 2.70. The highest BCUT2D eigenvalue weighted by Crippen LogP contribution is 2.38. The minimum atomic E-state index is 0.270. The molecule has 3 atom stereocenters. The quantitative estimate of drug-likeness (QED) is 0.530. The van der Waals surface area contributed by atoms with Gasteiger partial charge in [-0.1, -0.05) is 33.8 Å². The Morgan fingerprint density at radius 3 is 2.57 bits per heavy atom. The smallest absolute Gasteiger partial charge is 0.116 e. The first-order valence-corrected chi connectivity index (χ1v) is 8.78. The van der Waals surface area contributed by atoms with E-state index in [-0.39, 0.29) is 6.61 Å². The molecule has 0 spiro atoms. The van der Waals surface area contributed by atoms with Crippen molar-refractivity contribution >= 4 is 5.69 Å². The first kappa shape index (κ1) is 21.5. The fourth-order valence-corrected chi connectivity index (χ4v) is 2.70. The summed E-state index contributed by atoms with van der Waals surface area (Å²) < 4.78 is 0. The third kappa shape index (κ3) is 7.08. The van der Waals surface area contributed by atoms with Crippen LogP contribution >= 0.6 is 0 Å². The lowest BCUT2D eigenvalue weighted by Crippen LogP contribution is -2.26. The second-order valence-electron chi connectivity index (χ2n) is 5.97. The van der Waals surface area contributed by atoms with Gasteiger partial charge in [0.25, 0.3) is 0 Å². The van der Waals surface area contributed by atoms with Crippen molar-refractivity contribution in [3.63, 3.8) is 0 Å². The van der Waals surface area contributed by atoms with Crippen molar-refractivity contribution in [3.8, 4) is 5.75 Å². The molecule has 3 heteroatoms. The van der Waals surface area contributed by atoms with E-state index >= 15 is 0 Å². The van der Waals surface area contributed by atoms with Gasteiger partial charge in [-0.3, -0.25) is 0 Å². The van der Waals surface area contributed by atoms with E-state index in [1.54, 1.807) is 12.1 Å². The predicted octanol–water partition coefficient (Wildman–Crippen LogP) is 5.16. The van der Waals surface area contributed by atoms with Crippen LogP contribution in [0.5, 0.6) is 5.75 Å². The molecule has 0 saturated heterocycles. The maximum absolute atomic E-state index is 9.59. The van der Waals surface area contributed by atoms with E-state index in [9.17, 15) is 5.11 Å². The van der Waals surface area contributed by atoms with Crippen molar-refractivity contribution in [2.24, 2.45) is 11.8 Å². The van der Waals surface area contributed by atoms with E-state index < -0.39 is 0 Å². The first-order chi connectivity index (χ1) is 11.0. The van der Waals surface area contributed by atoms with Crippen LogP contribution in [0, 0.1) is 11.8 Å². The Kier molecular flexibility index (Phi) is 11.2. The molecule has 132 valence electrons. The maximum atomic E-state index is 9.59. The maximum Gasteiger partial charge on any atom is 0.116 e. The monoisotopic (exact) mass is 321 g/mol. The van der Waals surface area contributed by atoms with Crippen LogP contribution < -0.4 is 5.32 Å². The Labute approximate surface area is 142 Å². The summed E-state index contributed by atoms with van der Waals surface area (Å²) in [5.74, 6) is 1.75. The molecule has 0 radical (unpaired) electrons. The number of fused-ring (bicyclic) bond motifs is 1. The van der Waals surface area contributed by atoms with Crippen molar-refractivity contribution in [1.82, 2.24) is 0 Å². The average molecular weight is 322 g/mol. The number of anilines is 1. The van der Waals surface area contributed by atoms with Crippen LogP contribution in [0.15, 0.2) is 30.9 Å². The van der Waals surface area contributed by atoms with Crippen molar-refractivity contribution in [2.45, 2.75) is 53.4 Å². The van der Waals surface area contributed by atoms with Crippen LogP contribution in [0.1, 0.15) is 58.9 Å². The molecular weight excluding hydrogens is 286 g/mol. The van der Waals surface area contributed by atoms with E-state index in [2.05, 4.69) is 25.7 Å². The zero-order valence-corrected chi connectivity index (χ0v) is 15.5. The summed E-state index contributed by atoms with van der Waals surface area (Å²) in [6.45, 7) is 14.8. The van der Waals surface area contributed by atoms with Crippen LogP contribution in [-0.2, 0) is 0 Å². The van der Waals surface area contributed by atoms with Crippen molar-refractivity contribution in [3.05, 3.63) is 36.4 Å². The summed E-state index contributed by atoms with van der Waals surface area (Å²) in [6.07, 6.45) is 3.92. The Hall–Kier alpha value is -1.48. The molecule has 23 heavy (non-hydrogen) atoms. The molecule has 0 fully saturated rings. The summed E-state index contributed by atoms with van der Waals surface area (Å²) in [7, 11) is 0. The topological polar surface area (TPSA) is 52.5 Å². The van der Waals surface area contributed by atoms with Crippen LogP contribution in [0.3, 0.4) is 0 Å². The zero-order valence-electron chi connectivity index (χ0n) is 15.5. The summed E-state index contributed by atoms with van der Waals surface area (Å²) in [5, 5.41) is 22.1. The van der Waals surface area contributed by atoms with Gasteiger partial charge < -0.3 is 15.5 Å². The Morgan fingerprint density at radius 2 is 2.00 bits per heavy atom. The molecule has 3 nitrogen and oxygen atoms in total. The molecule has 1 heterocycles. The minimum absolute atomic E-state index is 0.270. The molecule has 0 aromatic heterocycles. The fraction of sp³-hybridized carbons (Fsp3) is 0.600. The van der Waals surface area contributed by atoms with Gasteiger partial charge in [0.05, 0.1) is 0 Å². The molecule has 1 aromatic carbocycles. The summed E-state index contributed by atoms with van der Waals surface area (Å²) >= 11 is 0. The number of benzene rings is 1. The molecule has 1 aromatic rings. The number of phenolic OH excluding ortho intramolecular Hbond substituents is 1. The number of aromatic hydroxyl groups is 1. The lowest BCUT2D eigenvalue weighted by Gasteiger charge is -2.33. The predicted molar refractivity (Wildman–Crippen MR) is 101 cm³/mol. The normalized spacial score (nSPS) is 19.7. The zero-order chi connectivity index (χ0) is 17.8. The molecule has 1 aliphatic rings. The first-order valence-electron chi connectivity index (χ1n) is 8.78. The van der Waals surface area contributed by atoms with Gasteiger partial charge in [0.15, 0.2) is 0 Å². The van der Waals surface area contributed by atoms with Crippen LogP contribution in [0.4, 0.5) is 5.69 Å². The van der Waals surface area contributed by atoms with Crippen molar-refractivity contribution < 1.29 is 10.2 Å². The number of allylic oxidation sites excluding steroid dienone is 1. The van der Waals surface area contributed by atoms with Crippen LogP contribution in [-0.4, -0.2) is 23.4 Å². The van der Waals surface area contributed by atoms with E-state index in [1.807, 2.05) is 32.9 Å². The minimum Gasteiger partial charge on any atom is -0.508 e. The third-order valence-corrected chi connectivity index (χ3v) is 4.13. The molecule has 1 aliphatic heterocycles. The van der Waals surface area contributed by atoms with Crippen LogP contribution in [0.2, 0.25) is 0 Å². The number of aliphatic hydroxyl groups is 1. The van der Waals surface area contributed by atoms with Gasteiger partial charge in [-0.2, -0.15) is 0 Å². The lowest BCUT2D eigenvalue weighted by atomic mass is 9.80. The number of rotatable bonds is 4. The second kappa shape index (κ2) is 12.0. The molecule has 0 saturated carbocycles. The third-order valence-electron chi connectivity index (χ3n) is 4.13. The highest BCUT2D eigenvalue weighted by atomic mass is 16.3. The van der Waals surface area contributed by atoms with Gasteiger partial charge in [-0.15, -0.1) is 6.58 Å². The molecule has 0 amide bonds.